The van der Waals surface area contributed by atoms with Crippen molar-refractivity contribution in [2.45, 2.75) is 23.6 Å². The highest BCUT2D eigenvalue weighted by Gasteiger charge is 2.45. The van der Waals surface area contributed by atoms with Crippen LogP contribution < -0.4 is 0 Å². The molecule has 0 spiro atoms. The Bertz CT molecular complexity index is 584. The summed E-state index contributed by atoms with van der Waals surface area (Å²) in [6.07, 6.45) is 0.685. The number of hydrogen-bond acceptors (Lipinski definition) is 1. The molecule has 0 aliphatic carbocycles. The molecule has 0 radical (unpaired) electrons. The molecule has 0 aliphatic heterocycles. The molecule has 21 heavy (non-hydrogen) atoms. The van der Waals surface area contributed by atoms with Crippen LogP contribution in [-0.4, -0.2) is 16.5 Å². The number of rotatable bonds is 6. The van der Waals surface area contributed by atoms with Gasteiger partial charge in [0, 0.05) is 5.56 Å². The lowest BCUT2D eigenvalue weighted by molar-refractivity contribution is 0.00912. The lowest BCUT2D eigenvalue weighted by Gasteiger charge is -2.21. The third kappa shape index (κ3) is 3.97. The third-order valence-electron chi connectivity index (χ3n) is 3.26. The predicted octanol–water partition coefficient (Wildman–Crippen LogP) is 4.90. The summed E-state index contributed by atoms with van der Waals surface area (Å²) < 4.78 is 28.4. The summed E-state index contributed by atoms with van der Waals surface area (Å²) in [6, 6.07) is 17.1. The van der Waals surface area contributed by atoms with E-state index in [-0.39, 0.29) is 12.0 Å². The van der Waals surface area contributed by atoms with Gasteiger partial charge in [-0.15, -0.1) is 0 Å². The zero-order valence-electron chi connectivity index (χ0n) is 11.3. The van der Waals surface area contributed by atoms with Gasteiger partial charge in [0.1, 0.15) is 0 Å². The molecule has 0 aromatic heterocycles. The van der Waals surface area contributed by atoms with E-state index in [0.717, 1.165) is 5.56 Å². The Morgan fingerprint density at radius 1 is 1.00 bits per heavy atom. The first kappa shape index (κ1) is 15.8. The Hall–Kier alpha value is -1.55. The zero-order valence-corrected chi connectivity index (χ0v) is 12.9. The van der Waals surface area contributed by atoms with Crippen molar-refractivity contribution in [2.75, 3.05) is 0 Å². The fraction of sp³-hybridized carbons (Fsp3) is 0.235. The van der Waals surface area contributed by atoms with Crippen molar-refractivity contribution in [3.8, 4) is 0 Å². The van der Waals surface area contributed by atoms with E-state index < -0.39 is 16.5 Å². The second kappa shape index (κ2) is 6.94. The summed E-state index contributed by atoms with van der Waals surface area (Å²) >= 11 is 2.98. The van der Waals surface area contributed by atoms with Crippen LogP contribution in [0, 0.1) is 0 Å². The summed E-state index contributed by atoms with van der Waals surface area (Å²) in [4.78, 5) is 10.8. The Morgan fingerprint density at radius 2 is 1.52 bits per heavy atom. The van der Waals surface area contributed by atoms with Crippen LogP contribution >= 0.6 is 15.9 Å². The average molecular weight is 353 g/mol. The summed E-state index contributed by atoms with van der Waals surface area (Å²) in [6.45, 7) is 0. The van der Waals surface area contributed by atoms with Gasteiger partial charge in [-0.3, -0.25) is 4.79 Å². The molecule has 2 aromatic carbocycles. The number of halogens is 3. The van der Waals surface area contributed by atoms with Crippen LogP contribution in [0.1, 0.15) is 22.3 Å². The number of hydrogen-bond donors (Lipinski definition) is 0. The highest BCUT2D eigenvalue weighted by Crippen LogP contribution is 2.32. The smallest absolute Gasteiger partial charge is 0.287 e. The maximum Gasteiger partial charge on any atom is 0.321 e. The van der Waals surface area contributed by atoms with Crippen molar-refractivity contribution < 1.29 is 13.6 Å². The van der Waals surface area contributed by atoms with E-state index in [4.69, 9.17) is 0 Å². The molecule has 1 nitrogen and oxygen atoms in total. The quantitative estimate of drug-likeness (QED) is 0.533. The molecular formula is C17H15BrF2O. The molecule has 0 heterocycles. The summed E-state index contributed by atoms with van der Waals surface area (Å²) in [5.41, 5.74) is 1.01. The number of ketones is 1. The molecule has 2 rings (SSSR count). The van der Waals surface area contributed by atoms with Gasteiger partial charge in [-0.25, -0.2) is 0 Å². The summed E-state index contributed by atoms with van der Waals surface area (Å²) in [7, 11) is 0. The van der Waals surface area contributed by atoms with E-state index in [2.05, 4.69) is 15.9 Å². The predicted molar refractivity (Wildman–Crippen MR) is 83.2 cm³/mol. The lowest BCUT2D eigenvalue weighted by atomic mass is 9.99. The van der Waals surface area contributed by atoms with Crippen LogP contribution in [-0.2, 0) is 6.42 Å². The van der Waals surface area contributed by atoms with Gasteiger partial charge < -0.3 is 0 Å². The van der Waals surface area contributed by atoms with Crippen LogP contribution in [0.3, 0.4) is 0 Å². The Labute approximate surface area is 131 Å². The number of aryl methyl sites for hydroxylation is 1. The van der Waals surface area contributed by atoms with Crippen LogP contribution in [0.2, 0.25) is 0 Å². The number of carbonyl (C=O) groups excluding carboxylic acids is 1. The molecule has 0 bridgehead atoms. The maximum atomic E-state index is 14.2. The molecule has 0 amide bonds. The number of benzene rings is 2. The molecule has 110 valence electrons. The van der Waals surface area contributed by atoms with E-state index in [1.807, 2.05) is 30.3 Å². The normalized spacial score (nSPS) is 12.9. The molecule has 1 unspecified atom stereocenters. The molecule has 0 fully saturated rings. The SMILES string of the molecule is O=C(c1ccccc1)C(F)(F)C(Br)CCc1ccccc1. The highest BCUT2D eigenvalue weighted by molar-refractivity contribution is 9.09. The largest absolute Gasteiger partial charge is 0.321 e. The van der Waals surface area contributed by atoms with Crippen LogP contribution in [0.4, 0.5) is 8.78 Å². The van der Waals surface area contributed by atoms with Crippen LogP contribution in [0.5, 0.6) is 0 Å². The molecule has 0 N–H and O–H groups in total. The molecule has 1 atom stereocenters. The second-order valence-electron chi connectivity index (χ2n) is 4.81. The van der Waals surface area contributed by atoms with E-state index in [1.54, 1.807) is 18.2 Å². The maximum absolute atomic E-state index is 14.2. The van der Waals surface area contributed by atoms with Gasteiger partial charge in [0.05, 0.1) is 4.83 Å². The molecule has 2 aromatic rings. The first-order valence-electron chi connectivity index (χ1n) is 6.67. The van der Waals surface area contributed by atoms with Gasteiger partial charge in [0.15, 0.2) is 0 Å². The molecule has 0 aliphatic rings. The van der Waals surface area contributed by atoms with Gasteiger partial charge >= 0.3 is 5.92 Å². The van der Waals surface area contributed by atoms with Gasteiger partial charge in [-0.1, -0.05) is 76.6 Å². The number of Topliss-reactive ketones (excluding diaryl/α,β-unsaturated/α-hetero) is 1. The molecular weight excluding hydrogens is 338 g/mol. The van der Waals surface area contributed by atoms with E-state index >= 15 is 0 Å². The van der Waals surface area contributed by atoms with Crippen molar-refractivity contribution in [1.82, 2.24) is 0 Å². The first-order chi connectivity index (χ1) is 10.0. The third-order valence-corrected chi connectivity index (χ3v) is 4.29. The van der Waals surface area contributed by atoms with Crippen molar-refractivity contribution in [1.29, 1.82) is 0 Å². The topological polar surface area (TPSA) is 17.1 Å². The van der Waals surface area contributed by atoms with Crippen molar-refractivity contribution in [3.05, 3.63) is 71.8 Å². The molecule has 0 saturated heterocycles. The first-order valence-corrected chi connectivity index (χ1v) is 7.59. The van der Waals surface area contributed by atoms with Crippen molar-refractivity contribution >= 4 is 21.7 Å². The highest BCUT2D eigenvalue weighted by atomic mass is 79.9. The van der Waals surface area contributed by atoms with E-state index in [0.29, 0.717) is 6.42 Å². The second-order valence-corrected chi connectivity index (χ2v) is 5.92. The fourth-order valence-corrected chi connectivity index (χ4v) is 2.48. The van der Waals surface area contributed by atoms with Gasteiger partial charge in [-0.05, 0) is 18.4 Å². The minimum Gasteiger partial charge on any atom is -0.287 e. The number of alkyl halides is 3. The van der Waals surface area contributed by atoms with Gasteiger partial charge in [0.2, 0.25) is 5.78 Å². The molecule has 4 heteroatoms. The zero-order chi connectivity index (χ0) is 15.3. The van der Waals surface area contributed by atoms with E-state index in [1.165, 1.54) is 12.1 Å². The Balaban J connectivity index is 2.03. The minimum absolute atomic E-state index is 0.0339. The van der Waals surface area contributed by atoms with Crippen molar-refractivity contribution in [2.24, 2.45) is 0 Å². The van der Waals surface area contributed by atoms with Crippen molar-refractivity contribution in [3.63, 3.8) is 0 Å². The monoisotopic (exact) mass is 352 g/mol. The van der Waals surface area contributed by atoms with E-state index in [9.17, 15) is 13.6 Å². The average Bonchev–Trinajstić information content (AvgIpc) is 2.53. The summed E-state index contributed by atoms with van der Waals surface area (Å²) in [5, 5.41) is 0. The van der Waals surface area contributed by atoms with Crippen LogP contribution in [0.25, 0.3) is 0 Å². The van der Waals surface area contributed by atoms with Crippen LogP contribution in [0.15, 0.2) is 60.7 Å². The summed E-state index contributed by atoms with van der Waals surface area (Å²) in [5.74, 6) is -4.56. The molecule has 0 saturated carbocycles. The fourth-order valence-electron chi connectivity index (χ4n) is 2.04. The number of carbonyl (C=O) groups is 1. The standard InChI is InChI=1S/C17H15BrF2O/c18-15(12-11-13-7-3-1-4-8-13)17(19,20)16(21)14-9-5-2-6-10-14/h1-10,15H,11-12H2. The minimum atomic E-state index is -3.42. The van der Waals surface area contributed by atoms with Gasteiger partial charge in [0.25, 0.3) is 0 Å². The Kier molecular flexibility index (Phi) is 5.23. The lowest BCUT2D eigenvalue weighted by Crippen LogP contribution is -2.38. The Morgan fingerprint density at radius 3 is 2.10 bits per heavy atom. The van der Waals surface area contributed by atoms with Gasteiger partial charge in [-0.2, -0.15) is 8.78 Å².